The fourth-order valence-electron chi connectivity index (χ4n) is 2.92. The highest BCUT2D eigenvalue weighted by molar-refractivity contribution is 7.17. The van der Waals surface area contributed by atoms with Crippen molar-refractivity contribution in [3.8, 4) is 18.1 Å². The first-order valence-corrected chi connectivity index (χ1v) is 9.97. The maximum absolute atomic E-state index is 12.8. The van der Waals surface area contributed by atoms with E-state index in [2.05, 4.69) is 16.2 Å². The van der Waals surface area contributed by atoms with Crippen molar-refractivity contribution < 1.29 is 9.53 Å². The quantitative estimate of drug-likeness (QED) is 0.488. The number of hydrogen-bond acceptors (Lipinski definition) is 5. The number of thiazole rings is 1. The van der Waals surface area contributed by atoms with E-state index in [1.54, 1.807) is 30.5 Å². The van der Waals surface area contributed by atoms with Gasteiger partial charge in [-0.15, -0.1) is 17.8 Å². The average Bonchev–Trinajstić information content (AvgIpc) is 3.17. The first-order chi connectivity index (χ1) is 14.6. The zero-order chi connectivity index (χ0) is 20.9. The van der Waals surface area contributed by atoms with E-state index in [1.807, 2.05) is 30.3 Å². The number of carbonyl (C=O) groups is 1. The number of carbonyl (C=O) groups excluding carboxylic acids is 1. The van der Waals surface area contributed by atoms with Crippen LogP contribution in [-0.4, -0.2) is 21.9 Å². The highest BCUT2D eigenvalue weighted by Gasteiger charge is 2.15. The van der Waals surface area contributed by atoms with Crippen LogP contribution in [0.5, 0.6) is 5.75 Å². The number of aromatic nitrogens is 2. The van der Waals surface area contributed by atoms with E-state index >= 15 is 0 Å². The van der Waals surface area contributed by atoms with Crippen LogP contribution in [0.2, 0.25) is 0 Å². The Morgan fingerprint density at radius 3 is 2.67 bits per heavy atom. The lowest BCUT2D eigenvalue weighted by Crippen LogP contribution is -2.25. The molecule has 0 bridgehead atoms. The lowest BCUT2D eigenvalue weighted by molar-refractivity contribution is 0.102. The lowest BCUT2D eigenvalue weighted by atomic mass is 10.1. The lowest BCUT2D eigenvalue weighted by Gasteiger charge is -2.06. The van der Waals surface area contributed by atoms with Gasteiger partial charge in [0.25, 0.3) is 11.5 Å². The van der Waals surface area contributed by atoms with Crippen molar-refractivity contribution in [2.75, 3.05) is 11.9 Å². The van der Waals surface area contributed by atoms with Gasteiger partial charge in [0.15, 0.2) is 4.96 Å². The summed E-state index contributed by atoms with van der Waals surface area (Å²) in [5.74, 6) is 2.46. The summed E-state index contributed by atoms with van der Waals surface area (Å²) in [6, 6.07) is 16.7. The number of rotatable bonds is 6. The molecule has 1 amide bonds. The minimum Gasteiger partial charge on any atom is -0.481 e. The molecule has 0 saturated heterocycles. The summed E-state index contributed by atoms with van der Waals surface area (Å²) < 4.78 is 6.73. The van der Waals surface area contributed by atoms with Crippen LogP contribution in [-0.2, 0) is 6.42 Å². The standard InChI is InChI=1S/C23H17N3O3S/c1-2-12-29-18-10-8-17(9-11-18)25-21(27)20-14-24-23-26(22(20)28)15-19(30-23)13-16-6-4-3-5-7-16/h1,3-11,14-15H,12-13H2,(H,25,27). The molecule has 1 N–H and O–H groups in total. The summed E-state index contributed by atoms with van der Waals surface area (Å²) >= 11 is 1.43. The predicted octanol–water partition coefficient (Wildman–Crippen LogP) is 3.61. The molecule has 148 valence electrons. The number of nitrogens with one attached hydrogen (secondary N) is 1. The Morgan fingerprint density at radius 2 is 1.93 bits per heavy atom. The fraction of sp³-hybridized carbons (Fsp3) is 0.0870. The summed E-state index contributed by atoms with van der Waals surface area (Å²) in [4.78, 5) is 31.3. The van der Waals surface area contributed by atoms with Crippen LogP contribution in [0.4, 0.5) is 5.69 Å². The summed E-state index contributed by atoms with van der Waals surface area (Å²) in [6.45, 7) is 0.168. The SMILES string of the molecule is C#CCOc1ccc(NC(=O)c2cnc3sc(Cc4ccccc4)cn3c2=O)cc1. The Hall–Kier alpha value is -3.89. The van der Waals surface area contributed by atoms with Crippen molar-refractivity contribution in [3.05, 3.63) is 93.3 Å². The molecule has 2 heterocycles. The van der Waals surface area contributed by atoms with E-state index in [9.17, 15) is 9.59 Å². The van der Waals surface area contributed by atoms with Crippen LogP contribution in [0.25, 0.3) is 4.96 Å². The van der Waals surface area contributed by atoms with Crippen LogP contribution in [0, 0.1) is 12.3 Å². The second kappa shape index (κ2) is 8.64. The largest absolute Gasteiger partial charge is 0.481 e. The van der Waals surface area contributed by atoms with E-state index in [0.29, 0.717) is 22.8 Å². The van der Waals surface area contributed by atoms with Crippen LogP contribution in [0.3, 0.4) is 0 Å². The molecule has 2 aromatic heterocycles. The molecule has 0 radical (unpaired) electrons. The van der Waals surface area contributed by atoms with Crippen LogP contribution < -0.4 is 15.6 Å². The van der Waals surface area contributed by atoms with E-state index in [0.717, 1.165) is 10.4 Å². The molecule has 0 unspecified atom stereocenters. The van der Waals surface area contributed by atoms with Gasteiger partial charge in [-0.3, -0.25) is 14.0 Å². The normalized spacial score (nSPS) is 10.5. The molecule has 0 spiro atoms. The summed E-state index contributed by atoms with van der Waals surface area (Å²) in [5, 5.41) is 2.71. The molecule has 0 aliphatic rings. The number of nitrogens with zero attached hydrogens (tertiary/aromatic N) is 2. The monoisotopic (exact) mass is 415 g/mol. The Morgan fingerprint density at radius 1 is 1.17 bits per heavy atom. The maximum Gasteiger partial charge on any atom is 0.271 e. The Labute approximate surface area is 176 Å². The first kappa shape index (κ1) is 19.4. The molecule has 6 nitrogen and oxygen atoms in total. The van der Waals surface area contributed by atoms with Crippen LogP contribution >= 0.6 is 11.3 Å². The van der Waals surface area contributed by atoms with Crippen molar-refractivity contribution in [1.29, 1.82) is 0 Å². The van der Waals surface area contributed by atoms with E-state index in [1.165, 1.54) is 21.9 Å². The zero-order valence-electron chi connectivity index (χ0n) is 15.9. The predicted molar refractivity (Wildman–Crippen MR) is 117 cm³/mol. The van der Waals surface area contributed by atoms with Crippen LogP contribution in [0.1, 0.15) is 20.8 Å². The Kier molecular flexibility index (Phi) is 5.59. The zero-order valence-corrected chi connectivity index (χ0v) is 16.7. The third kappa shape index (κ3) is 4.24. The van der Waals surface area contributed by atoms with Gasteiger partial charge in [-0.1, -0.05) is 36.3 Å². The summed E-state index contributed by atoms with van der Waals surface area (Å²) in [5.41, 5.74) is 1.25. The molecule has 7 heteroatoms. The molecule has 4 rings (SSSR count). The number of benzene rings is 2. The minimum atomic E-state index is -0.519. The van der Waals surface area contributed by atoms with Crippen molar-refractivity contribution in [2.45, 2.75) is 6.42 Å². The van der Waals surface area contributed by atoms with Crippen molar-refractivity contribution in [1.82, 2.24) is 9.38 Å². The molecule has 0 saturated carbocycles. The number of amides is 1. The number of hydrogen-bond donors (Lipinski definition) is 1. The van der Waals surface area contributed by atoms with E-state index < -0.39 is 11.5 Å². The van der Waals surface area contributed by atoms with Gasteiger partial charge in [-0.05, 0) is 29.8 Å². The molecule has 0 fully saturated rings. The van der Waals surface area contributed by atoms with Gasteiger partial charge in [0, 0.05) is 29.4 Å². The third-order valence-corrected chi connectivity index (χ3v) is 5.35. The molecular weight excluding hydrogens is 398 g/mol. The summed E-state index contributed by atoms with van der Waals surface area (Å²) in [6.07, 6.45) is 8.93. The second-order valence-corrected chi connectivity index (χ2v) is 7.55. The smallest absolute Gasteiger partial charge is 0.271 e. The highest BCUT2D eigenvalue weighted by Crippen LogP contribution is 2.19. The van der Waals surface area contributed by atoms with Crippen LogP contribution in [0.15, 0.2) is 71.8 Å². The fourth-order valence-corrected chi connectivity index (χ4v) is 3.89. The van der Waals surface area contributed by atoms with Crippen molar-refractivity contribution >= 4 is 27.9 Å². The highest BCUT2D eigenvalue weighted by atomic mass is 32.1. The molecule has 0 atom stereocenters. The van der Waals surface area contributed by atoms with Crippen molar-refractivity contribution in [3.63, 3.8) is 0 Å². The Bertz CT molecular complexity index is 1290. The number of terminal acetylenes is 1. The van der Waals surface area contributed by atoms with Gasteiger partial charge in [-0.2, -0.15) is 0 Å². The van der Waals surface area contributed by atoms with Gasteiger partial charge in [0.05, 0.1) is 0 Å². The average molecular weight is 415 g/mol. The number of ether oxygens (including phenoxy) is 1. The second-order valence-electron chi connectivity index (χ2n) is 6.46. The molecular formula is C23H17N3O3S. The van der Waals surface area contributed by atoms with Gasteiger partial charge in [-0.25, -0.2) is 4.98 Å². The minimum absolute atomic E-state index is 0.0239. The molecule has 0 aliphatic heterocycles. The summed E-state index contributed by atoms with van der Waals surface area (Å²) in [7, 11) is 0. The molecule has 2 aromatic carbocycles. The molecule has 0 aliphatic carbocycles. The van der Waals surface area contributed by atoms with Gasteiger partial charge in [0.2, 0.25) is 0 Å². The molecule has 30 heavy (non-hydrogen) atoms. The maximum atomic E-state index is 12.8. The number of fused-ring (bicyclic) bond motifs is 1. The third-order valence-electron chi connectivity index (χ3n) is 4.36. The van der Waals surface area contributed by atoms with Gasteiger partial charge in [0.1, 0.15) is 17.9 Å². The molecule has 4 aromatic rings. The van der Waals surface area contributed by atoms with E-state index in [-0.39, 0.29) is 12.2 Å². The van der Waals surface area contributed by atoms with E-state index in [4.69, 9.17) is 11.2 Å². The first-order valence-electron chi connectivity index (χ1n) is 9.16. The topological polar surface area (TPSA) is 72.7 Å². The van der Waals surface area contributed by atoms with Gasteiger partial charge < -0.3 is 10.1 Å². The van der Waals surface area contributed by atoms with Gasteiger partial charge >= 0.3 is 0 Å². The Balaban J connectivity index is 1.53. The number of anilines is 1. The van der Waals surface area contributed by atoms with Crippen molar-refractivity contribution in [2.24, 2.45) is 0 Å².